The number of hydrogen-bond acceptors (Lipinski definition) is 3. The highest BCUT2D eigenvalue weighted by molar-refractivity contribution is 9.10. The SMILES string of the molecule is CCOC(=O)c1ccc(-c2ccc(Br)cc2C(F)(F)F)o1. The van der Waals surface area contributed by atoms with E-state index in [1.807, 2.05) is 0 Å². The summed E-state index contributed by atoms with van der Waals surface area (Å²) >= 11 is 3.01. The van der Waals surface area contributed by atoms with Crippen molar-refractivity contribution >= 4 is 21.9 Å². The topological polar surface area (TPSA) is 39.4 Å². The summed E-state index contributed by atoms with van der Waals surface area (Å²) in [4.78, 5) is 11.5. The van der Waals surface area contributed by atoms with E-state index in [1.165, 1.54) is 24.3 Å². The molecule has 1 heterocycles. The van der Waals surface area contributed by atoms with Crippen LogP contribution in [-0.4, -0.2) is 12.6 Å². The zero-order valence-corrected chi connectivity index (χ0v) is 12.4. The number of alkyl halides is 3. The van der Waals surface area contributed by atoms with Crippen molar-refractivity contribution < 1.29 is 27.1 Å². The molecule has 3 nitrogen and oxygen atoms in total. The summed E-state index contributed by atoms with van der Waals surface area (Å²) in [6, 6.07) is 6.31. The lowest BCUT2D eigenvalue weighted by Crippen LogP contribution is -2.07. The molecule has 0 aliphatic rings. The van der Waals surface area contributed by atoms with Gasteiger partial charge in [-0.3, -0.25) is 0 Å². The van der Waals surface area contributed by atoms with Gasteiger partial charge in [-0.05, 0) is 37.3 Å². The maximum absolute atomic E-state index is 13.0. The molecule has 0 saturated heterocycles. The molecule has 2 rings (SSSR count). The third-order valence-corrected chi connectivity index (χ3v) is 3.13. The fourth-order valence-corrected chi connectivity index (χ4v) is 2.12. The quantitative estimate of drug-likeness (QED) is 0.728. The molecule has 0 aliphatic heterocycles. The molecule has 0 aliphatic carbocycles. The van der Waals surface area contributed by atoms with E-state index in [0.717, 1.165) is 6.07 Å². The minimum absolute atomic E-state index is 0.0436. The normalized spacial score (nSPS) is 11.5. The van der Waals surface area contributed by atoms with E-state index in [4.69, 9.17) is 9.15 Å². The van der Waals surface area contributed by atoms with Gasteiger partial charge in [0.2, 0.25) is 5.76 Å². The highest BCUT2D eigenvalue weighted by Gasteiger charge is 2.34. The van der Waals surface area contributed by atoms with E-state index in [1.54, 1.807) is 6.92 Å². The Labute approximate surface area is 126 Å². The van der Waals surface area contributed by atoms with Crippen molar-refractivity contribution in [3.8, 4) is 11.3 Å². The van der Waals surface area contributed by atoms with Crippen LogP contribution in [0.2, 0.25) is 0 Å². The van der Waals surface area contributed by atoms with Gasteiger partial charge in [-0.2, -0.15) is 13.2 Å². The van der Waals surface area contributed by atoms with Crippen molar-refractivity contribution in [2.45, 2.75) is 13.1 Å². The highest BCUT2D eigenvalue weighted by Crippen LogP contribution is 2.39. The van der Waals surface area contributed by atoms with Crippen LogP contribution in [0.5, 0.6) is 0 Å². The molecule has 0 saturated carbocycles. The average molecular weight is 363 g/mol. The predicted molar refractivity (Wildman–Crippen MR) is 72.8 cm³/mol. The van der Waals surface area contributed by atoms with Gasteiger partial charge < -0.3 is 9.15 Å². The summed E-state index contributed by atoms with van der Waals surface area (Å²) in [7, 11) is 0. The molecule has 0 radical (unpaired) electrons. The lowest BCUT2D eigenvalue weighted by molar-refractivity contribution is -0.137. The minimum atomic E-state index is -4.53. The zero-order valence-electron chi connectivity index (χ0n) is 10.8. The zero-order chi connectivity index (χ0) is 15.6. The Hall–Kier alpha value is -1.76. The van der Waals surface area contributed by atoms with Gasteiger partial charge in [-0.1, -0.05) is 15.9 Å². The van der Waals surface area contributed by atoms with Crippen LogP contribution in [-0.2, 0) is 10.9 Å². The van der Waals surface area contributed by atoms with E-state index in [2.05, 4.69) is 15.9 Å². The van der Waals surface area contributed by atoms with Gasteiger partial charge in [0.1, 0.15) is 5.76 Å². The molecule has 1 aromatic heterocycles. The van der Waals surface area contributed by atoms with Crippen LogP contribution in [0.15, 0.2) is 39.2 Å². The molecule has 112 valence electrons. The maximum Gasteiger partial charge on any atom is 0.417 e. The third kappa shape index (κ3) is 3.47. The molecule has 7 heteroatoms. The van der Waals surface area contributed by atoms with Crippen molar-refractivity contribution in [2.75, 3.05) is 6.61 Å². The number of carbonyl (C=O) groups excluding carboxylic acids is 1. The maximum atomic E-state index is 13.0. The molecular weight excluding hydrogens is 353 g/mol. The van der Waals surface area contributed by atoms with E-state index >= 15 is 0 Å². The van der Waals surface area contributed by atoms with Gasteiger partial charge in [0.05, 0.1) is 12.2 Å². The lowest BCUT2D eigenvalue weighted by atomic mass is 10.1. The van der Waals surface area contributed by atoms with Gasteiger partial charge in [0, 0.05) is 10.0 Å². The molecule has 0 atom stereocenters. The standard InChI is InChI=1S/C14H10BrF3O3/c1-2-20-13(19)12-6-5-11(21-12)9-4-3-8(15)7-10(9)14(16,17)18/h3-7H,2H2,1H3. The molecular formula is C14H10BrF3O3. The van der Waals surface area contributed by atoms with Gasteiger partial charge in [-0.15, -0.1) is 0 Å². The number of esters is 1. The Morgan fingerprint density at radius 2 is 2.00 bits per heavy atom. The molecule has 21 heavy (non-hydrogen) atoms. The lowest BCUT2D eigenvalue weighted by Gasteiger charge is -2.11. The number of hydrogen-bond donors (Lipinski definition) is 0. The molecule has 0 unspecified atom stereocenters. The monoisotopic (exact) mass is 362 g/mol. The molecule has 0 spiro atoms. The first-order chi connectivity index (χ1) is 9.82. The van der Waals surface area contributed by atoms with Crippen LogP contribution in [0, 0.1) is 0 Å². The number of halogens is 4. The molecule has 0 amide bonds. The third-order valence-electron chi connectivity index (χ3n) is 2.64. The number of carbonyl (C=O) groups is 1. The second-order valence-electron chi connectivity index (χ2n) is 4.07. The summed E-state index contributed by atoms with van der Waals surface area (Å²) in [6.07, 6.45) is -4.53. The first-order valence-electron chi connectivity index (χ1n) is 5.97. The van der Waals surface area contributed by atoms with Crippen LogP contribution < -0.4 is 0 Å². The van der Waals surface area contributed by atoms with Crippen LogP contribution >= 0.6 is 15.9 Å². The second kappa shape index (κ2) is 5.93. The number of benzene rings is 1. The number of furan rings is 1. The minimum Gasteiger partial charge on any atom is -0.460 e. The van der Waals surface area contributed by atoms with Crippen molar-refractivity contribution in [1.82, 2.24) is 0 Å². The first kappa shape index (κ1) is 15.6. The summed E-state index contributed by atoms with van der Waals surface area (Å²) in [5.74, 6) is -0.893. The van der Waals surface area contributed by atoms with Crippen molar-refractivity contribution in [2.24, 2.45) is 0 Å². The summed E-state index contributed by atoms with van der Waals surface area (Å²) in [6.45, 7) is 1.78. The van der Waals surface area contributed by atoms with Crippen molar-refractivity contribution in [1.29, 1.82) is 0 Å². The molecule has 0 fully saturated rings. The summed E-state index contributed by atoms with van der Waals surface area (Å²) in [5, 5.41) is 0. The van der Waals surface area contributed by atoms with E-state index in [-0.39, 0.29) is 23.7 Å². The number of rotatable bonds is 3. The van der Waals surface area contributed by atoms with E-state index in [9.17, 15) is 18.0 Å². The molecule has 0 bridgehead atoms. The fourth-order valence-electron chi connectivity index (χ4n) is 1.76. The number of ether oxygens (including phenoxy) is 1. The van der Waals surface area contributed by atoms with E-state index < -0.39 is 17.7 Å². The van der Waals surface area contributed by atoms with Gasteiger partial charge in [0.15, 0.2) is 0 Å². The van der Waals surface area contributed by atoms with E-state index in [0.29, 0.717) is 4.47 Å². The van der Waals surface area contributed by atoms with Crippen LogP contribution in [0.4, 0.5) is 13.2 Å². The predicted octanol–water partition coefficient (Wildman–Crippen LogP) is 4.90. The van der Waals surface area contributed by atoms with Crippen LogP contribution in [0.3, 0.4) is 0 Å². The summed E-state index contributed by atoms with van der Waals surface area (Å²) < 4.78 is 49.3. The van der Waals surface area contributed by atoms with Crippen molar-refractivity contribution in [3.63, 3.8) is 0 Å². The smallest absolute Gasteiger partial charge is 0.417 e. The molecule has 1 aromatic carbocycles. The van der Waals surface area contributed by atoms with Crippen LogP contribution in [0.25, 0.3) is 11.3 Å². The van der Waals surface area contributed by atoms with Crippen LogP contribution in [0.1, 0.15) is 23.0 Å². The first-order valence-corrected chi connectivity index (χ1v) is 6.76. The Balaban J connectivity index is 2.46. The van der Waals surface area contributed by atoms with Gasteiger partial charge in [-0.25, -0.2) is 4.79 Å². The Morgan fingerprint density at radius 1 is 1.29 bits per heavy atom. The largest absolute Gasteiger partial charge is 0.460 e. The Morgan fingerprint density at radius 3 is 2.62 bits per heavy atom. The molecule has 0 N–H and O–H groups in total. The van der Waals surface area contributed by atoms with Gasteiger partial charge in [0.25, 0.3) is 0 Å². The highest BCUT2D eigenvalue weighted by atomic mass is 79.9. The fraction of sp³-hybridized carbons (Fsp3) is 0.214. The average Bonchev–Trinajstić information content (AvgIpc) is 2.87. The van der Waals surface area contributed by atoms with Crippen molar-refractivity contribution in [3.05, 3.63) is 46.1 Å². The Kier molecular flexibility index (Phi) is 4.41. The molecule has 2 aromatic rings. The van der Waals surface area contributed by atoms with Gasteiger partial charge >= 0.3 is 12.1 Å². The second-order valence-corrected chi connectivity index (χ2v) is 4.99. The summed E-state index contributed by atoms with van der Waals surface area (Å²) in [5.41, 5.74) is -0.983. The Bertz CT molecular complexity index is 662.